The molecule has 0 bridgehead atoms. The van der Waals surface area contributed by atoms with Crippen molar-refractivity contribution in [1.29, 1.82) is 0 Å². The van der Waals surface area contributed by atoms with Crippen molar-refractivity contribution in [1.82, 2.24) is 0 Å². The number of amides is 1. The molecule has 0 aliphatic rings. The molecule has 0 aromatic heterocycles. The predicted molar refractivity (Wildman–Crippen MR) is 87.5 cm³/mol. The van der Waals surface area contributed by atoms with Gasteiger partial charge in [0, 0.05) is 12.5 Å². The highest BCUT2D eigenvalue weighted by Gasteiger charge is 2.10. The molecule has 0 radical (unpaired) electrons. The normalized spacial score (nSPS) is 10.3. The first-order chi connectivity index (χ1) is 11.5. The molecule has 0 saturated heterocycles. The van der Waals surface area contributed by atoms with Gasteiger partial charge in [-0.05, 0) is 43.2 Å². The van der Waals surface area contributed by atoms with E-state index in [-0.39, 0.29) is 23.8 Å². The van der Waals surface area contributed by atoms with Crippen molar-refractivity contribution in [3.63, 3.8) is 0 Å². The van der Waals surface area contributed by atoms with Crippen LogP contribution in [0.25, 0.3) is 0 Å². The molecule has 2 rings (SSSR count). The Morgan fingerprint density at radius 3 is 2.58 bits per heavy atom. The second-order valence-corrected chi connectivity index (χ2v) is 5.09. The molecule has 0 fully saturated rings. The summed E-state index contributed by atoms with van der Waals surface area (Å²) < 4.78 is 37.0. The molecule has 24 heavy (non-hydrogen) atoms. The number of halogens is 2. The number of rotatable bonds is 7. The summed E-state index contributed by atoms with van der Waals surface area (Å²) in [6.07, 6.45) is 0.534. The largest absolute Gasteiger partial charge is 0.494 e. The van der Waals surface area contributed by atoms with E-state index in [9.17, 15) is 13.6 Å². The smallest absolute Gasteiger partial charge is 0.224 e. The van der Waals surface area contributed by atoms with Gasteiger partial charge in [-0.1, -0.05) is 6.07 Å². The monoisotopic (exact) mass is 335 g/mol. The summed E-state index contributed by atoms with van der Waals surface area (Å²) in [4.78, 5) is 12.1. The quantitative estimate of drug-likeness (QED) is 0.833. The van der Waals surface area contributed by atoms with Crippen LogP contribution in [0, 0.1) is 11.6 Å². The first kappa shape index (κ1) is 17.7. The van der Waals surface area contributed by atoms with Crippen molar-refractivity contribution >= 4 is 11.6 Å². The molecule has 0 aliphatic heterocycles. The number of carbonyl (C=O) groups is 1. The van der Waals surface area contributed by atoms with Crippen LogP contribution >= 0.6 is 0 Å². The second-order valence-electron chi connectivity index (χ2n) is 5.09. The number of hydrogen-bond acceptors (Lipinski definition) is 3. The Hall–Kier alpha value is -2.63. The number of benzene rings is 2. The lowest BCUT2D eigenvalue weighted by molar-refractivity contribution is -0.116. The Labute approximate surface area is 139 Å². The summed E-state index contributed by atoms with van der Waals surface area (Å²) in [5, 5.41) is 2.68. The van der Waals surface area contributed by atoms with Gasteiger partial charge in [-0.3, -0.25) is 4.79 Å². The molecule has 0 aliphatic carbocycles. The summed E-state index contributed by atoms with van der Waals surface area (Å²) in [6, 6.07) is 8.49. The number of anilines is 1. The molecule has 0 saturated carbocycles. The van der Waals surface area contributed by atoms with Crippen LogP contribution < -0.4 is 14.8 Å². The number of methoxy groups -OCH3 is 1. The molecule has 6 heteroatoms. The molecule has 0 atom stereocenters. The maximum absolute atomic E-state index is 13.6. The zero-order chi connectivity index (χ0) is 17.5. The van der Waals surface area contributed by atoms with E-state index in [0.717, 1.165) is 0 Å². The zero-order valence-corrected chi connectivity index (χ0v) is 13.6. The average molecular weight is 335 g/mol. The maximum atomic E-state index is 13.6. The Bertz CT molecular complexity index is 719. The fourth-order valence-corrected chi connectivity index (χ4v) is 2.21. The van der Waals surface area contributed by atoms with Crippen LogP contribution in [0.4, 0.5) is 14.5 Å². The van der Waals surface area contributed by atoms with Gasteiger partial charge in [0.25, 0.3) is 0 Å². The third-order valence-electron chi connectivity index (χ3n) is 3.37. The summed E-state index contributed by atoms with van der Waals surface area (Å²) in [5.74, 6) is -0.728. The molecule has 4 nitrogen and oxygen atoms in total. The lowest BCUT2D eigenvalue weighted by atomic mass is 10.1. The van der Waals surface area contributed by atoms with E-state index >= 15 is 0 Å². The van der Waals surface area contributed by atoms with E-state index in [1.165, 1.54) is 37.4 Å². The minimum atomic E-state index is -0.465. The molecule has 2 aromatic rings. The van der Waals surface area contributed by atoms with Gasteiger partial charge in [0.2, 0.25) is 5.91 Å². The van der Waals surface area contributed by atoms with Crippen LogP contribution in [0.1, 0.15) is 18.9 Å². The Balaban J connectivity index is 1.97. The summed E-state index contributed by atoms with van der Waals surface area (Å²) >= 11 is 0. The van der Waals surface area contributed by atoms with Gasteiger partial charge >= 0.3 is 0 Å². The summed E-state index contributed by atoms with van der Waals surface area (Å²) in [5.41, 5.74) is 1.09. The summed E-state index contributed by atoms with van der Waals surface area (Å²) in [7, 11) is 1.39. The third-order valence-corrected chi connectivity index (χ3v) is 3.37. The van der Waals surface area contributed by atoms with Crippen LogP contribution in [-0.4, -0.2) is 19.6 Å². The molecular formula is C18H19F2NO3. The van der Waals surface area contributed by atoms with Gasteiger partial charge in [-0.15, -0.1) is 0 Å². The van der Waals surface area contributed by atoms with Crippen LogP contribution in [0.2, 0.25) is 0 Å². The highest BCUT2D eigenvalue weighted by molar-refractivity contribution is 5.92. The predicted octanol–water partition coefficient (Wildman–Crippen LogP) is 3.94. The van der Waals surface area contributed by atoms with Gasteiger partial charge in [-0.2, -0.15) is 0 Å². The van der Waals surface area contributed by atoms with E-state index in [4.69, 9.17) is 9.47 Å². The van der Waals surface area contributed by atoms with Crippen LogP contribution in [0.15, 0.2) is 36.4 Å². The second kappa shape index (κ2) is 8.29. The number of carbonyl (C=O) groups excluding carboxylic acids is 1. The topological polar surface area (TPSA) is 47.6 Å². The first-order valence-corrected chi connectivity index (χ1v) is 7.58. The van der Waals surface area contributed by atoms with Crippen molar-refractivity contribution in [3.05, 3.63) is 53.6 Å². The first-order valence-electron chi connectivity index (χ1n) is 7.58. The van der Waals surface area contributed by atoms with Crippen molar-refractivity contribution < 1.29 is 23.0 Å². The number of nitrogens with one attached hydrogen (secondary N) is 1. The fourth-order valence-electron chi connectivity index (χ4n) is 2.21. The minimum Gasteiger partial charge on any atom is -0.494 e. The van der Waals surface area contributed by atoms with Crippen molar-refractivity contribution in [2.75, 3.05) is 19.0 Å². The van der Waals surface area contributed by atoms with Gasteiger partial charge in [-0.25, -0.2) is 8.78 Å². The van der Waals surface area contributed by atoms with Gasteiger partial charge in [0.05, 0.1) is 19.4 Å². The van der Waals surface area contributed by atoms with Crippen LogP contribution in [0.5, 0.6) is 11.5 Å². The van der Waals surface area contributed by atoms with Crippen LogP contribution in [-0.2, 0) is 11.2 Å². The fraction of sp³-hybridized carbons (Fsp3) is 0.278. The van der Waals surface area contributed by atoms with E-state index in [2.05, 4.69) is 5.32 Å². The molecule has 0 heterocycles. The minimum absolute atomic E-state index is 0.161. The van der Waals surface area contributed by atoms with Crippen LogP contribution in [0.3, 0.4) is 0 Å². The number of ether oxygens (including phenoxy) is 2. The Morgan fingerprint density at radius 2 is 1.92 bits per heavy atom. The third kappa shape index (κ3) is 4.68. The molecule has 1 N–H and O–H groups in total. The summed E-state index contributed by atoms with van der Waals surface area (Å²) in [6.45, 7) is 2.13. The van der Waals surface area contributed by atoms with E-state index in [0.29, 0.717) is 24.3 Å². The van der Waals surface area contributed by atoms with E-state index in [1.807, 2.05) is 0 Å². The van der Waals surface area contributed by atoms with Gasteiger partial charge in [0.15, 0.2) is 11.6 Å². The highest BCUT2D eigenvalue weighted by atomic mass is 19.1. The molecule has 0 unspecified atom stereocenters. The van der Waals surface area contributed by atoms with Crippen molar-refractivity contribution in [2.45, 2.75) is 19.8 Å². The Morgan fingerprint density at radius 1 is 1.12 bits per heavy atom. The zero-order valence-electron chi connectivity index (χ0n) is 13.6. The number of aryl methyl sites for hydroxylation is 1. The molecular weight excluding hydrogens is 316 g/mol. The van der Waals surface area contributed by atoms with E-state index < -0.39 is 11.6 Å². The van der Waals surface area contributed by atoms with Crippen molar-refractivity contribution in [3.8, 4) is 11.5 Å². The van der Waals surface area contributed by atoms with Gasteiger partial charge < -0.3 is 14.8 Å². The molecule has 2 aromatic carbocycles. The molecule has 1 amide bonds. The SMILES string of the molecule is CCOc1cc(F)ccc1NC(=O)CCc1ccc(OC)c(F)c1. The lowest BCUT2D eigenvalue weighted by Crippen LogP contribution is -2.13. The highest BCUT2D eigenvalue weighted by Crippen LogP contribution is 2.26. The standard InChI is InChI=1S/C18H19F2NO3/c1-3-24-17-11-13(19)6-7-15(17)21-18(22)9-5-12-4-8-16(23-2)14(20)10-12/h4,6-8,10-11H,3,5,9H2,1-2H3,(H,21,22). The molecule has 0 spiro atoms. The maximum Gasteiger partial charge on any atom is 0.224 e. The molecule has 128 valence electrons. The average Bonchev–Trinajstić information content (AvgIpc) is 2.56. The Kier molecular flexibility index (Phi) is 6.12. The lowest BCUT2D eigenvalue weighted by Gasteiger charge is -2.11. The van der Waals surface area contributed by atoms with Crippen molar-refractivity contribution in [2.24, 2.45) is 0 Å². The number of hydrogen-bond donors (Lipinski definition) is 1. The van der Waals surface area contributed by atoms with E-state index in [1.54, 1.807) is 13.0 Å². The van der Waals surface area contributed by atoms with Gasteiger partial charge in [0.1, 0.15) is 11.6 Å².